The highest BCUT2D eigenvalue weighted by atomic mass is 35.5. The summed E-state index contributed by atoms with van der Waals surface area (Å²) in [6.07, 6.45) is 0.622. The van der Waals surface area contributed by atoms with Crippen LogP contribution >= 0.6 is 23.2 Å². The molecule has 2 rings (SSSR count). The highest BCUT2D eigenvalue weighted by Gasteiger charge is 2.14. The quantitative estimate of drug-likeness (QED) is 0.664. The molecule has 0 saturated carbocycles. The van der Waals surface area contributed by atoms with Crippen molar-refractivity contribution >= 4 is 34.8 Å². The van der Waals surface area contributed by atoms with E-state index in [9.17, 15) is 14.9 Å². The van der Waals surface area contributed by atoms with Gasteiger partial charge < -0.3 is 5.32 Å². The average Bonchev–Trinajstić information content (AvgIpc) is 2.47. The smallest absolute Gasteiger partial charge is 0.270 e. The van der Waals surface area contributed by atoms with Crippen LogP contribution in [0.25, 0.3) is 0 Å². The summed E-state index contributed by atoms with van der Waals surface area (Å²) >= 11 is 11.8. The second kappa shape index (κ2) is 7.24. The number of amides is 1. The molecule has 1 amide bonds. The zero-order chi connectivity index (χ0) is 16.1. The molecule has 114 valence electrons. The molecule has 0 unspecified atom stereocenters. The van der Waals surface area contributed by atoms with Crippen molar-refractivity contribution in [3.63, 3.8) is 0 Å². The van der Waals surface area contributed by atoms with Crippen molar-refractivity contribution in [3.05, 3.63) is 73.8 Å². The molecule has 2 aromatic rings. The Morgan fingerprint density at radius 1 is 1.18 bits per heavy atom. The number of nitro benzene ring substituents is 1. The van der Waals surface area contributed by atoms with Crippen LogP contribution in [0.1, 0.15) is 15.9 Å². The van der Waals surface area contributed by atoms with Crippen LogP contribution in [0.3, 0.4) is 0 Å². The summed E-state index contributed by atoms with van der Waals surface area (Å²) in [7, 11) is 0. The van der Waals surface area contributed by atoms with Gasteiger partial charge in [-0.1, -0.05) is 35.3 Å². The monoisotopic (exact) mass is 338 g/mol. The summed E-state index contributed by atoms with van der Waals surface area (Å²) in [6.45, 7) is 0.409. The fraction of sp³-hybridized carbons (Fsp3) is 0.133. The first-order chi connectivity index (χ1) is 10.5. The van der Waals surface area contributed by atoms with Gasteiger partial charge in [-0.3, -0.25) is 14.9 Å². The topological polar surface area (TPSA) is 72.2 Å². The molecule has 2 aromatic carbocycles. The van der Waals surface area contributed by atoms with Gasteiger partial charge in [0.2, 0.25) is 0 Å². The van der Waals surface area contributed by atoms with E-state index in [1.54, 1.807) is 6.07 Å². The number of benzene rings is 2. The van der Waals surface area contributed by atoms with Crippen LogP contribution in [-0.2, 0) is 6.42 Å². The van der Waals surface area contributed by atoms with Gasteiger partial charge in [0.1, 0.15) is 0 Å². The Labute approximate surface area is 137 Å². The molecule has 0 spiro atoms. The van der Waals surface area contributed by atoms with Gasteiger partial charge in [0.05, 0.1) is 15.5 Å². The Balaban J connectivity index is 1.96. The molecule has 0 aromatic heterocycles. The average molecular weight is 339 g/mol. The number of halogens is 2. The SMILES string of the molecule is O=C(NCCc1cccc(Cl)c1)c1ccc([N+](=O)[O-])cc1Cl. The summed E-state index contributed by atoms with van der Waals surface area (Å²) in [4.78, 5) is 22.1. The molecule has 0 bridgehead atoms. The third-order valence-electron chi connectivity index (χ3n) is 3.00. The van der Waals surface area contributed by atoms with E-state index in [4.69, 9.17) is 23.2 Å². The van der Waals surface area contributed by atoms with Crippen LogP contribution < -0.4 is 5.32 Å². The number of non-ortho nitro benzene ring substituents is 1. The van der Waals surface area contributed by atoms with Crippen molar-refractivity contribution < 1.29 is 9.72 Å². The summed E-state index contributed by atoms with van der Waals surface area (Å²) in [5.41, 5.74) is 1.06. The Morgan fingerprint density at radius 2 is 1.95 bits per heavy atom. The molecule has 7 heteroatoms. The van der Waals surface area contributed by atoms with Gasteiger partial charge in [0.25, 0.3) is 11.6 Å². The lowest BCUT2D eigenvalue weighted by molar-refractivity contribution is -0.384. The second-order valence-electron chi connectivity index (χ2n) is 4.56. The van der Waals surface area contributed by atoms with E-state index in [1.807, 2.05) is 18.2 Å². The summed E-state index contributed by atoms with van der Waals surface area (Å²) in [6, 6.07) is 11.1. The van der Waals surface area contributed by atoms with Crippen molar-refractivity contribution in [2.24, 2.45) is 0 Å². The third-order valence-corrected chi connectivity index (χ3v) is 3.54. The van der Waals surface area contributed by atoms with Gasteiger partial charge in [-0.2, -0.15) is 0 Å². The van der Waals surface area contributed by atoms with E-state index in [1.165, 1.54) is 12.1 Å². The Bertz CT molecular complexity index is 720. The highest BCUT2D eigenvalue weighted by molar-refractivity contribution is 6.34. The normalized spacial score (nSPS) is 10.3. The fourth-order valence-corrected chi connectivity index (χ4v) is 2.38. The maximum atomic E-state index is 12.0. The van der Waals surface area contributed by atoms with E-state index in [0.717, 1.165) is 11.6 Å². The summed E-state index contributed by atoms with van der Waals surface area (Å²) < 4.78 is 0. The molecule has 0 heterocycles. The zero-order valence-electron chi connectivity index (χ0n) is 11.4. The van der Waals surface area contributed by atoms with Gasteiger partial charge in [-0.05, 0) is 30.2 Å². The Kier molecular flexibility index (Phi) is 5.35. The zero-order valence-corrected chi connectivity index (χ0v) is 12.9. The molecular formula is C15H12Cl2N2O3. The van der Waals surface area contributed by atoms with Crippen LogP contribution in [0.15, 0.2) is 42.5 Å². The predicted molar refractivity (Wildman–Crippen MR) is 85.6 cm³/mol. The van der Waals surface area contributed by atoms with Crippen molar-refractivity contribution in [2.45, 2.75) is 6.42 Å². The van der Waals surface area contributed by atoms with Gasteiger partial charge in [0.15, 0.2) is 0 Å². The van der Waals surface area contributed by atoms with Crippen LogP contribution in [0.2, 0.25) is 10.0 Å². The lowest BCUT2D eigenvalue weighted by Gasteiger charge is -2.07. The number of hydrogen-bond acceptors (Lipinski definition) is 3. The van der Waals surface area contributed by atoms with Gasteiger partial charge >= 0.3 is 0 Å². The molecule has 0 saturated heterocycles. The molecule has 0 aliphatic rings. The van der Waals surface area contributed by atoms with E-state index >= 15 is 0 Å². The first kappa shape index (κ1) is 16.3. The Morgan fingerprint density at radius 3 is 2.59 bits per heavy atom. The summed E-state index contributed by atoms with van der Waals surface area (Å²) in [5, 5.41) is 14.0. The number of hydrogen-bond donors (Lipinski definition) is 1. The van der Waals surface area contributed by atoms with Crippen molar-refractivity contribution in [2.75, 3.05) is 6.54 Å². The predicted octanol–water partition coefficient (Wildman–Crippen LogP) is 3.87. The number of nitrogens with zero attached hydrogens (tertiary/aromatic N) is 1. The molecule has 0 aliphatic carbocycles. The van der Waals surface area contributed by atoms with E-state index in [2.05, 4.69) is 5.32 Å². The molecule has 0 fully saturated rings. The first-order valence-corrected chi connectivity index (χ1v) is 7.19. The lowest BCUT2D eigenvalue weighted by atomic mass is 10.1. The standard InChI is InChI=1S/C15H12Cl2N2O3/c16-11-3-1-2-10(8-11)6-7-18-15(20)13-5-4-12(19(21)22)9-14(13)17/h1-5,8-9H,6-7H2,(H,18,20). The first-order valence-electron chi connectivity index (χ1n) is 6.44. The van der Waals surface area contributed by atoms with E-state index < -0.39 is 4.92 Å². The van der Waals surface area contributed by atoms with Crippen molar-refractivity contribution in [3.8, 4) is 0 Å². The third kappa shape index (κ3) is 4.19. The second-order valence-corrected chi connectivity index (χ2v) is 5.40. The number of nitrogens with one attached hydrogen (secondary N) is 1. The number of carbonyl (C=O) groups is 1. The van der Waals surface area contributed by atoms with Crippen LogP contribution in [0.5, 0.6) is 0 Å². The van der Waals surface area contributed by atoms with Crippen molar-refractivity contribution in [1.29, 1.82) is 0 Å². The molecule has 0 radical (unpaired) electrons. The molecule has 0 aliphatic heterocycles. The summed E-state index contributed by atoms with van der Waals surface area (Å²) in [5.74, 6) is -0.373. The molecule has 0 atom stereocenters. The minimum absolute atomic E-state index is 0.0504. The maximum absolute atomic E-state index is 12.0. The number of nitro groups is 1. The van der Waals surface area contributed by atoms with E-state index in [-0.39, 0.29) is 22.2 Å². The van der Waals surface area contributed by atoms with Gasteiger partial charge in [0, 0.05) is 23.7 Å². The fourth-order valence-electron chi connectivity index (χ4n) is 1.91. The molecule has 22 heavy (non-hydrogen) atoms. The maximum Gasteiger partial charge on any atom is 0.270 e. The minimum Gasteiger partial charge on any atom is -0.352 e. The van der Waals surface area contributed by atoms with Gasteiger partial charge in [-0.25, -0.2) is 0 Å². The minimum atomic E-state index is -0.563. The van der Waals surface area contributed by atoms with Crippen LogP contribution in [-0.4, -0.2) is 17.4 Å². The highest BCUT2D eigenvalue weighted by Crippen LogP contribution is 2.22. The van der Waals surface area contributed by atoms with Crippen LogP contribution in [0, 0.1) is 10.1 Å². The number of rotatable bonds is 5. The largest absolute Gasteiger partial charge is 0.352 e. The van der Waals surface area contributed by atoms with Gasteiger partial charge in [-0.15, -0.1) is 0 Å². The van der Waals surface area contributed by atoms with Crippen molar-refractivity contribution in [1.82, 2.24) is 5.32 Å². The lowest BCUT2D eigenvalue weighted by Crippen LogP contribution is -2.26. The Hall–Kier alpha value is -2.11. The number of carbonyl (C=O) groups excluding carboxylic acids is 1. The molecule has 5 nitrogen and oxygen atoms in total. The molecule has 1 N–H and O–H groups in total. The van der Waals surface area contributed by atoms with E-state index in [0.29, 0.717) is 18.0 Å². The molecular weight excluding hydrogens is 327 g/mol. The van der Waals surface area contributed by atoms with Crippen LogP contribution in [0.4, 0.5) is 5.69 Å².